The van der Waals surface area contributed by atoms with Gasteiger partial charge in [-0.15, -0.1) is 0 Å². The van der Waals surface area contributed by atoms with Crippen LogP contribution in [0.4, 0.5) is 10.1 Å². The lowest BCUT2D eigenvalue weighted by atomic mass is 9.86. The summed E-state index contributed by atoms with van der Waals surface area (Å²) in [5, 5.41) is 3.70. The highest BCUT2D eigenvalue weighted by atomic mass is 35.5. The van der Waals surface area contributed by atoms with Crippen LogP contribution in [-0.4, -0.2) is 5.91 Å². The third-order valence-corrected chi connectivity index (χ3v) is 3.72. The van der Waals surface area contributed by atoms with Crippen molar-refractivity contribution >= 4 is 23.2 Å². The number of benzene rings is 2. The number of hydrogen-bond acceptors (Lipinski definition) is 2. The molecular weight excluding hydrogens is 291 g/mol. The third-order valence-electron chi connectivity index (χ3n) is 3.47. The van der Waals surface area contributed by atoms with Gasteiger partial charge in [-0.05, 0) is 48.4 Å². The average molecular weight is 307 g/mol. The first kappa shape index (κ1) is 15.3. The molecule has 1 atom stereocenters. The van der Waals surface area contributed by atoms with E-state index in [1.54, 1.807) is 36.4 Å². The summed E-state index contributed by atoms with van der Waals surface area (Å²) in [6.45, 7) is 1.82. The fourth-order valence-electron chi connectivity index (χ4n) is 2.28. The number of amides is 1. The molecule has 110 valence electrons. The van der Waals surface area contributed by atoms with Crippen molar-refractivity contribution in [3.05, 3.63) is 64.9 Å². The maximum atomic E-state index is 13.5. The summed E-state index contributed by atoms with van der Waals surface area (Å²) in [4.78, 5) is 12.0. The molecule has 0 fully saturated rings. The number of primary amides is 1. The van der Waals surface area contributed by atoms with Gasteiger partial charge in [-0.3, -0.25) is 4.79 Å². The van der Waals surface area contributed by atoms with Crippen molar-refractivity contribution in [2.45, 2.75) is 18.9 Å². The van der Waals surface area contributed by atoms with E-state index >= 15 is 0 Å². The zero-order valence-electron chi connectivity index (χ0n) is 11.6. The Bertz CT molecular complexity index is 645. The number of carbonyl (C=O) groups excluding carboxylic acids is 1. The molecule has 0 aliphatic carbocycles. The van der Waals surface area contributed by atoms with Crippen molar-refractivity contribution in [1.29, 1.82) is 0 Å². The van der Waals surface area contributed by atoms with Gasteiger partial charge in [0.05, 0.1) is 0 Å². The molecule has 3 N–H and O–H groups in total. The standard InChI is InChI=1S/C16H16ClFN2O/c1-2-16(15(19)21,11-4-3-5-13(18)10-11)20-14-8-6-12(17)7-9-14/h3-10,20H,2H2,1H3,(H2,19,21). The maximum absolute atomic E-state index is 13.5. The number of anilines is 1. The van der Waals surface area contributed by atoms with Crippen molar-refractivity contribution in [2.24, 2.45) is 5.73 Å². The predicted molar refractivity (Wildman–Crippen MR) is 82.6 cm³/mol. The molecule has 2 aromatic carbocycles. The summed E-state index contributed by atoms with van der Waals surface area (Å²) in [5.74, 6) is -0.977. The summed E-state index contributed by atoms with van der Waals surface area (Å²) in [5.41, 5.74) is 5.60. The molecule has 0 aromatic heterocycles. The second-order valence-corrected chi connectivity index (χ2v) is 5.20. The van der Waals surface area contributed by atoms with Crippen LogP contribution in [-0.2, 0) is 10.3 Å². The van der Waals surface area contributed by atoms with Crippen LogP contribution in [0.1, 0.15) is 18.9 Å². The Hall–Kier alpha value is -2.07. The Labute approximate surface area is 127 Å². The predicted octanol–water partition coefficient (Wildman–Crippen LogP) is 3.68. The molecule has 0 aliphatic heterocycles. The van der Waals surface area contributed by atoms with Gasteiger partial charge in [0.25, 0.3) is 0 Å². The van der Waals surface area contributed by atoms with Crippen LogP contribution in [0.5, 0.6) is 0 Å². The van der Waals surface area contributed by atoms with E-state index < -0.39 is 17.3 Å². The van der Waals surface area contributed by atoms with Crippen molar-refractivity contribution in [3.8, 4) is 0 Å². The molecule has 0 bridgehead atoms. The number of nitrogens with one attached hydrogen (secondary N) is 1. The maximum Gasteiger partial charge on any atom is 0.247 e. The molecule has 0 saturated carbocycles. The van der Waals surface area contributed by atoms with Gasteiger partial charge in [0, 0.05) is 10.7 Å². The Morgan fingerprint density at radius 1 is 1.29 bits per heavy atom. The van der Waals surface area contributed by atoms with E-state index in [9.17, 15) is 9.18 Å². The van der Waals surface area contributed by atoms with Gasteiger partial charge < -0.3 is 11.1 Å². The van der Waals surface area contributed by atoms with Crippen LogP contribution in [0.25, 0.3) is 0 Å². The minimum absolute atomic E-state index is 0.383. The SMILES string of the molecule is CCC(Nc1ccc(Cl)cc1)(C(N)=O)c1cccc(F)c1. The molecule has 0 aliphatic rings. The number of carbonyl (C=O) groups is 1. The zero-order chi connectivity index (χ0) is 15.5. The molecule has 0 saturated heterocycles. The van der Waals surface area contributed by atoms with Crippen LogP contribution >= 0.6 is 11.6 Å². The van der Waals surface area contributed by atoms with Crippen LogP contribution in [0.2, 0.25) is 5.02 Å². The summed E-state index contributed by atoms with van der Waals surface area (Å²) in [6.07, 6.45) is 0.383. The van der Waals surface area contributed by atoms with E-state index in [1.165, 1.54) is 12.1 Å². The van der Waals surface area contributed by atoms with Crippen molar-refractivity contribution in [1.82, 2.24) is 0 Å². The van der Waals surface area contributed by atoms with Crippen LogP contribution < -0.4 is 11.1 Å². The number of nitrogens with two attached hydrogens (primary N) is 1. The lowest BCUT2D eigenvalue weighted by Crippen LogP contribution is -2.47. The van der Waals surface area contributed by atoms with Crippen molar-refractivity contribution in [2.75, 3.05) is 5.32 Å². The molecule has 2 rings (SSSR count). The van der Waals surface area contributed by atoms with Crippen molar-refractivity contribution in [3.63, 3.8) is 0 Å². The van der Waals surface area contributed by atoms with Gasteiger partial charge in [-0.1, -0.05) is 30.7 Å². The first-order valence-electron chi connectivity index (χ1n) is 6.57. The quantitative estimate of drug-likeness (QED) is 0.885. The van der Waals surface area contributed by atoms with Gasteiger partial charge in [0.1, 0.15) is 11.4 Å². The summed E-state index contributed by atoms with van der Waals surface area (Å²) in [6, 6.07) is 12.8. The zero-order valence-corrected chi connectivity index (χ0v) is 12.3. The summed E-state index contributed by atoms with van der Waals surface area (Å²) < 4.78 is 13.5. The minimum atomic E-state index is -1.17. The van der Waals surface area contributed by atoms with Crippen LogP contribution in [0.3, 0.4) is 0 Å². The van der Waals surface area contributed by atoms with Crippen molar-refractivity contribution < 1.29 is 9.18 Å². The Balaban J connectivity index is 2.46. The molecule has 5 heteroatoms. The van der Waals surface area contributed by atoms with Gasteiger partial charge >= 0.3 is 0 Å². The first-order chi connectivity index (χ1) is 9.98. The molecule has 0 radical (unpaired) electrons. The van der Waals surface area contributed by atoms with Crippen LogP contribution in [0, 0.1) is 5.82 Å². The van der Waals surface area contributed by atoms with Gasteiger partial charge in [-0.25, -0.2) is 4.39 Å². The highest BCUT2D eigenvalue weighted by Gasteiger charge is 2.37. The smallest absolute Gasteiger partial charge is 0.247 e. The van der Waals surface area contributed by atoms with Gasteiger partial charge in [-0.2, -0.15) is 0 Å². The second kappa shape index (κ2) is 6.14. The number of halogens is 2. The fourth-order valence-corrected chi connectivity index (χ4v) is 2.40. The molecule has 3 nitrogen and oxygen atoms in total. The second-order valence-electron chi connectivity index (χ2n) is 4.77. The molecule has 2 aromatic rings. The van der Waals surface area contributed by atoms with E-state index in [4.69, 9.17) is 17.3 Å². The lowest BCUT2D eigenvalue weighted by molar-refractivity contribution is -0.122. The molecule has 0 heterocycles. The molecule has 1 amide bonds. The lowest BCUT2D eigenvalue weighted by Gasteiger charge is -2.32. The van der Waals surface area contributed by atoms with E-state index in [0.717, 1.165) is 0 Å². The highest BCUT2D eigenvalue weighted by molar-refractivity contribution is 6.30. The number of rotatable bonds is 5. The molecule has 0 spiro atoms. The Kier molecular flexibility index (Phi) is 4.48. The largest absolute Gasteiger partial charge is 0.368 e. The van der Waals surface area contributed by atoms with Crippen LogP contribution in [0.15, 0.2) is 48.5 Å². The average Bonchev–Trinajstić information content (AvgIpc) is 2.46. The fraction of sp³-hybridized carbons (Fsp3) is 0.188. The van der Waals surface area contributed by atoms with E-state index in [0.29, 0.717) is 22.7 Å². The molecule has 1 unspecified atom stereocenters. The van der Waals surface area contributed by atoms with E-state index in [2.05, 4.69) is 5.32 Å². The normalized spacial score (nSPS) is 13.5. The molecular formula is C16H16ClFN2O. The minimum Gasteiger partial charge on any atom is -0.368 e. The van der Waals surface area contributed by atoms with E-state index in [1.807, 2.05) is 6.92 Å². The number of hydrogen-bond donors (Lipinski definition) is 2. The van der Waals surface area contributed by atoms with E-state index in [-0.39, 0.29) is 0 Å². The topological polar surface area (TPSA) is 55.1 Å². The Morgan fingerprint density at radius 2 is 1.95 bits per heavy atom. The summed E-state index contributed by atoms with van der Waals surface area (Å²) in [7, 11) is 0. The third kappa shape index (κ3) is 3.16. The monoisotopic (exact) mass is 306 g/mol. The Morgan fingerprint density at radius 3 is 2.48 bits per heavy atom. The van der Waals surface area contributed by atoms with Gasteiger partial charge in [0.2, 0.25) is 5.91 Å². The highest BCUT2D eigenvalue weighted by Crippen LogP contribution is 2.30. The first-order valence-corrected chi connectivity index (χ1v) is 6.95. The summed E-state index contributed by atoms with van der Waals surface area (Å²) >= 11 is 5.85. The molecule has 21 heavy (non-hydrogen) atoms. The van der Waals surface area contributed by atoms with Gasteiger partial charge in [0.15, 0.2) is 0 Å².